The number of nitrogens with one attached hydrogen (secondary N) is 2. The first-order chi connectivity index (χ1) is 18.7. The van der Waals surface area contributed by atoms with Crippen molar-refractivity contribution in [3.05, 3.63) is 81.1 Å². The topological polar surface area (TPSA) is 127 Å². The van der Waals surface area contributed by atoms with Gasteiger partial charge in [0.15, 0.2) is 11.8 Å². The molecule has 0 saturated carbocycles. The van der Waals surface area contributed by atoms with Crippen LogP contribution in [0.2, 0.25) is 5.02 Å². The number of halogens is 2. The molecule has 0 aliphatic rings. The number of aryl methyl sites for hydroxylation is 1. The lowest BCUT2D eigenvalue weighted by Crippen LogP contribution is -2.23. The molecule has 0 amide bonds. The van der Waals surface area contributed by atoms with Crippen molar-refractivity contribution in [2.75, 3.05) is 13.1 Å². The van der Waals surface area contributed by atoms with Crippen LogP contribution in [0, 0.1) is 11.7 Å². The highest BCUT2D eigenvalue weighted by molar-refractivity contribution is 6.31. The van der Waals surface area contributed by atoms with Crippen molar-refractivity contribution in [3.63, 3.8) is 0 Å². The summed E-state index contributed by atoms with van der Waals surface area (Å²) in [6.07, 6.45) is 5.45. The van der Waals surface area contributed by atoms with Crippen LogP contribution in [0.25, 0.3) is 28.0 Å². The van der Waals surface area contributed by atoms with E-state index in [2.05, 4.69) is 34.1 Å². The van der Waals surface area contributed by atoms with Crippen molar-refractivity contribution < 1.29 is 4.39 Å². The highest BCUT2D eigenvalue weighted by atomic mass is 35.5. The van der Waals surface area contributed by atoms with Crippen LogP contribution in [0.5, 0.6) is 0 Å². The normalized spacial score (nSPS) is 11.4. The molecule has 0 aliphatic heterocycles. The van der Waals surface area contributed by atoms with Gasteiger partial charge in [-0.05, 0) is 73.2 Å². The first-order valence-corrected chi connectivity index (χ1v) is 13.5. The molecule has 10 heteroatoms. The number of nitrogens with two attached hydrogens (primary N) is 2. The molecule has 2 aromatic heterocycles. The molecule has 2 heterocycles. The summed E-state index contributed by atoms with van der Waals surface area (Å²) >= 11 is 6.24. The lowest BCUT2D eigenvalue weighted by atomic mass is 10.00. The number of nitrogens with zero attached hydrogens (tertiary/aromatic N) is 3. The zero-order valence-electron chi connectivity index (χ0n) is 22.3. The van der Waals surface area contributed by atoms with Gasteiger partial charge in [-0.2, -0.15) is 4.98 Å². The second-order valence-corrected chi connectivity index (χ2v) is 10.5. The number of H-pyrrole nitrogens is 1. The molecule has 0 spiro atoms. The van der Waals surface area contributed by atoms with E-state index in [0.717, 1.165) is 43.4 Å². The standard InChI is InChI=1S/C29H35ClFN7O/c1-18(2)5-3-6-20-13-23(26(31)24(30)14-20)25-15-21-17-38(29(39)37-27(21)36-25)22-9-7-19(8-10-22)16-34-11-4-12-35-28(32)33/h7-10,13-15,17-18,34H,3-6,11-12,16H2,1-2H3,(H4,32,33,35)(H,36,37,39). The molecule has 8 nitrogen and oxygen atoms in total. The predicted octanol–water partition coefficient (Wildman–Crippen LogP) is 4.91. The molecule has 0 fully saturated rings. The minimum absolute atomic E-state index is 0.0848. The number of aliphatic imine (C=N–C) groups is 1. The molecule has 0 saturated heterocycles. The maximum atomic E-state index is 15.0. The van der Waals surface area contributed by atoms with E-state index in [0.29, 0.717) is 47.0 Å². The number of aromatic nitrogens is 3. The van der Waals surface area contributed by atoms with Gasteiger partial charge in [0.05, 0.1) is 16.4 Å². The Kier molecular flexibility index (Phi) is 9.37. The molecule has 0 bridgehead atoms. The first-order valence-electron chi connectivity index (χ1n) is 13.2. The summed E-state index contributed by atoms with van der Waals surface area (Å²) in [7, 11) is 0. The fraction of sp³-hybridized carbons (Fsp3) is 0.345. The Bertz CT molecular complexity index is 1500. The van der Waals surface area contributed by atoms with Crippen LogP contribution in [0.1, 0.15) is 44.2 Å². The summed E-state index contributed by atoms with van der Waals surface area (Å²) in [6, 6.07) is 13.0. The Morgan fingerprint density at radius 2 is 1.92 bits per heavy atom. The first kappa shape index (κ1) is 28.3. The van der Waals surface area contributed by atoms with E-state index in [1.165, 1.54) is 4.57 Å². The number of aromatic amines is 1. The maximum absolute atomic E-state index is 15.0. The molecule has 4 rings (SSSR count). The summed E-state index contributed by atoms with van der Waals surface area (Å²) in [5.41, 5.74) is 14.3. The number of guanidine groups is 1. The minimum atomic E-state index is -0.494. The van der Waals surface area contributed by atoms with Crippen LogP contribution in [0.15, 0.2) is 58.4 Å². The zero-order valence-corrected chi connectivity index (χ0v) is 23.1. The van der Waals surface area contributed by atoms with Gasteiger partial charge in [-0.15, -0.1) is 0 Å². The summed E-state index contributed by atoms with van der Waals surface area (Å²) < 4.78 is 16.5. The Morgan fingerprint density at radius 1 is 1.15 bits per heavy atom. The minimum Gasteiger partial charge on any atom is -0.370 e. The van der Waals surface area contributed by atoms with Crippen LogP contribution < -0.4 is 22.5 Å². The number of hydrogen-bond donors (Lipinski definition) is 4. The second kappa shape index (κ2) is 12.9. The van der Waals surface area contributed by atoms with Gasteiger partial charge in [-0.3, -0.25) is 9.56 Å². The lowest BCUT2D eigenvalue weighted by Gasteiger charge is -2.09. The Balaban J connectivity index is 1.51. The fourth-order valence-corrected chi connectivity index (χ4v) is 4.69. The third-order valence-corrected chi connectivity index (χ3v) is 6.76. The molecule has 0 unspecified atom stereocenters. The van der Waals surface area contributed by atoms with Crippen LogP contribution in [-0.4, -0.2) is 33.6 Å². The average Bonchev–Trinajstić information content (AvgIpc) is 3.30. The SMILES string of the molecule is CC(C)CCCc1cc(Cl)c(F)c(-c2cc3cn(-c4ccc(CNCCCN=C(N)N)cc4)c(=O)nc3[nH]2)c1. The highest BCUT2D eigenvalue weighted by Gasteiger charge is 2.15. The van der Waals surface area contributed by atoms with E-state index >= 15 is 4.39 Å². The lowest BCUT2D eigenvalue weighted by molar-refractivity contribution is 0.555. The van der Waals surface area contributed by atoms with E-state index < -0.39 is 11.5 Å². The summed E-state index contributed by atoms with van der Waals surface area (Å²) in [5, 5.41) is 4.12. The number of rotatable bonds is 12. The van der Waals surface area contributed by atoms with Gasteiger partial charge in [0.1, 0.15) is 5.65 Å². The third-order valence-electron chi connectivity index (χ3n) is 6.48. The maximum Gasteiger partial charge on any atom is 0.354 e. The summed E-state index contributed by atoms with van der Waals surface area (Å²) in [4.78, 5) is 24.1. The van der Waals surface area contributed by atoms with Gasteiger partial charge in [0.25, 0.3) is 0 Å². The molecular weight excluding hydrogens is 517 g/mol. The van der Waals surface area contributed by atoms with Gasteiger partial charge in [0.2, 0.25) is 0 Å². The van der Waals surface area contributed by atoms with E-state index in [4.69, 9.17) is 23.1 Å². The molecule has 39 heavy (non-hydrogen) atoms. The van der Waals surface area contributed by atoms with Crippen LogP contribution in [-0.2, 0) is 13.0 Å². The van der Waals surface area contributed by atoms with E-state index in [-0.39, 0.29) is 11.0 Å². The molecule has 4 aromatic rings. The van der Waals surface area contributed by atoms with Crippen LogP contribution in [0.3, 0.4) is 0 Å². The fourth-order valence-electron chi connectivity index (χ4n) is 4.44. The average molecular weight is 552 g/mol. The van der Waals surface area contributed by atoms with E-state index in [1.807, 2.05) is 30.3 Å². The van der Waals surface area contributed by atoms with Gasteiger partial charge in [-0.25, -0.2) is 9.18 Å². The van der Waals surface area contributed by atoms with Crippen molar-refractivity contribution in [2.24, 2.45) is 22.4 Å². The molecular formula is C29H35ClFN7O. The molecule has 2 aromatic carbocycles. The van der Waals surface area contributed by atoms with Gasteiger partial charge < -0.3 is 21.8 Å². The van der Waals surface area contributed by atoms with E-state index in [1.54, 1.807) is 18.3 Å². The molecule has 0 aliphatic carbocycles. The molecule has 206 valence electrons. The Labute approximate surface area is 232 Å². The van der Waals surface area contributed by atoms with Crippen LogP contribution in [0.4, 0.5) is 4.39 Å². The Hall–Kier alpha value is -3.69. The largest absolute Gasteiger partial charge is 0.370 e. The van der Waals surface area contributed by atoms with Crippen molar-refractivity contribution in [1.29, 1.82) is 0 Å². The van der Waals surface area contributed by atoms with E-state index in [9.17, 15) is 4.79 Å². The monoisotopic (exact) mass is 551 g/mol. The highest BCUT2D eigenvalue weighted by Crippen LogP contribution is 2.31. The van der Waals surface area contributed by atoms with Crippen molar-refractivity contribution in [1.82, 2.24) is 19.9 Å². The van der Waals surface area contributed by atoms with Gasteiger partial charge >= 0.3 is 5.69 Å². The Morgan fingerprint density at radius 3 is 2.64 bits per heavy atom. The summed E-state index contributed by atoms with van der Waals surface area (Å²) in [6.45, 7) is 6.41. The van der Waals surface area contributed by atoms with Crippen molar-refractivity contribution in [3.8, 4) is 16.9 Å². The number of fused-ring (bicyclic) bond motifs is 1. The van der Waals surface area contributed by atoms with Crippen molar-refractivity contribution in [2.45, 2.75) is 46.1 Å². The quantitative estimate of drug-likeness (QED) is 0.113. The molecule has 0 atom stereocenters. The van der Waals surface area contributed by atoms with Gasteiger partial charge in [0, 0.05) is 30.2 Å². The van der Waals surface area contributed by atoms with Crippen LogP contribution >= 0.6 is 11.6 Å². The molecule has 6 N–H and O–H groups in total. The van der Waals surface area contributed by atoms with Gasteiger partial charge in [-0.1, -0.05) is 44.0 Å². The zero-order chi connectivity index (χ0) is 27.9. The van der Waals surface area contributed by atoms with Crippen molar-refractivity contribution >= 4 is 28.6 Å². The number of benzene rings is 2. The molecule has 0 radical (unpaired) electrons. The second-order valence-electron chi connectivity index (χ2n) is 10.1. The third kappa shape index (κ3) is 7.46. The smallest absolute Gasteiger partial charge is 0.354 e. The summed E-state index contributed by atoms with van der Waals surface area (Å²) in [5.74, 6) is 0.211. The predicted molar refractivity (Wildman–Crippen MR) is 157 cm³/mol. The number of hydrogen-bond acceptors (Lipinski definition) is 4.